The standard InChI is InChI=1S/C25H19Cl2FN8/c1-36-13-22(34-35-36)24(14-3-2-6-30-11-14)33-17-7-18-23(32-16-4-5-21(28)19(26)8-16)15(10-29)12-31-25(18)20(27)9-17/h2-9,11-13,24,33-35H,1H3,(H,31,32)/t24-/m0/s1. The Morgan fingerprint density at radius 1 is 1.11 bits per heavy atom. The second-order valence-electron chi connectivity index (χ2n) is 8.06. The number of rotatable bonds is 6. The van der Waals surface area contributed by atoms with E-state index in [1.165, 1.54) is 18.3 Å². The molecule has 2 aromatic carbocycles. The highest BCUT2D eigenvalue weighted by Gasteiger charge is 2.22. The average molecular weight is 521 g/mol. The first-order valence-electron chi connectivity index (χ1n) is 10.8. The summed E-state index contributed by atoms with van der Waals surface area (Å²) >= 11 is 12.6. The van der Waals surface area contributed by atoms with Crippen molar-refractivity contribution in [1.29, 1.82) is 5.26 Å². The van der Waals surface area contributed by atoms with Crippen molar-refractivity contribution in [2.24, 2.45) is 0 Å². The van der Waals surface area contributed by atoms with E-state index in [0.717, 1.165) is 11.3 Å². The summed E-state index contributed by atoms with van der Waals surface area (Å²) in [6.07, 6.45) is 6.86. The van der Waals surface area contributed by atoms with Gasteiger partial charge in [0, 0.05) is 48.6 Å². The number of anilines is 3. The third-order valence-corrected chi connectivity index (χ3v) is 6.16. The molecule has 0 unspecified atom stereocenters. The molecule has 0 amide bonds. The maximum absolute atomic E-state index is 13.7. The SMILES string of the molecule is CN1C=C([C@@H](Nc2cc(Cl)c3ncc(C#N)c(Nc4ccc(F)c(Cl)c4)c3c2)c2cccnc2)NN1. The number of fused-ring (bicyclic) bond motifs is 1. The van der Waals surface area contributed by atoms with Crippen molar-refractivity contribution in [2.45, 2.75) is 6.04 Å². The summed E-state index contributed by atoms with van der Waals surface area (Å²) in [6, 6.07) is 13.6. The predicted octanol–water partition coefficient (Wildman–Crippen LogP) is 5.64. The fourth-order valence-electron chi connectivity index (χ4n) is 3.91. The van der Waals surface area contributed by atoms with E-state index in [2.05, 4.69) is 37.6 Å². The van der Waals surface area contributed by atoms with Gasteiger partial charge < -0.3 is 16.1 Å². The molecule has 4 aromatic rings. The summed E-state index contributed by atoms with van der Waals surface area (Å²) in [6.45, 7) is 0. The summed E-state index contributed by atoms with van der Waals surface area (Å²) in [4.78, 5) is 8.65. The molecule has 1 aliphatic rings. The second kappa shape index (κ2) is 9.87. The zero-order valence-corrected chi connectivity index (χ0v) is 20.4. The zero-order chi connectivity index (χ0) is 25.2. The lowest BCUT2D eigenvalue weighted by Gasteiger charge is -2.22. The maximum Gasteiger partial charge on any atom is 0.141 e. The number of aromatic nitrogens is 2. The van der Waals surface area contributed by atoms with Crippen molar-refractivity contribution in [3.05, 3.63) is 99.9 Å². The van der Waals surface area contributed by atoms with Gasteiger partial charge in [-0.05, 0) is 42.0 Å². The third kappa shape index (κ3) is 4.70. The van der Waals surface area contributed by atoms with Gasteiger partial charge in [-0.3, -0.25) is 15.0 Å². The quantitative estimate of drug-likeness (QED) is 0.259. The van der Waals surface area contributed by atoms with Crippen molar-refractivity contribution in [3.63, 3.8) is 0 Å². The van der Waals surface area contributed by atoms with Crippen LogP contribution in [-0.4, -0.2) is 22.0 Å². The Morgan fingerprint density at radius 3 is 2.64 bits per heavy atom. The fourth-order valence-corrected chi connectivity index (χ4v) is 4.36. The van der Waals surface area contributed by atoms with Crippen molar-refractivity contribution >= 4 is 51.2 Å². The Balaban J connectivity index is 1.60. The number of hydrogen-bond donors (Lipinski definition) is 4. The molecule has 0 bridgehead atoms. The van der Waals surface area contributed by atoms with Gasteiger partial charge >= 0.3 is 0 Å². The van der Waals surface area contributed by atoms with Gasteiger partial charge in [-0.2, -0.15) is 5.26 Å². The first-order valence-corrected chi connectivity index (χ1v) is 11.6. The van der Waals surface area contributed by atoms with Crippen molar-refractivity contribution < 1.29 is 4.39 Å². The largest absolute Gasteiger partial charge is 0.373 e. The minimum atomic E-state index is -0.534. The van der Waals surface area contributed by atoms with E-state index in [1.54, 1.807) is 29.5 Å². The number of nitrogens with zero attached hydrogens (tertiary/aromatic N) is 4. The van der Waals surface area contributed by atoms with Crippen LogP contribution in [0.25, 0.3) is 10.9 Å². The normalized spacial score (nSPS) is 13.6. The highest BCUT2D eigenvalue weighted by molar-refractivity contribution is 6.36. The van der Waals surface area contributed by atoms with E-state index in [-0.39, 0.29) is 11.1 Å². The summed E-state index contributed by atoms with van der Waals surface area (Å²) in [7, 11) is 1.88. The molecule has 4 N–H and O–H groups in total. The van der Waals surface area contributed by atoms with Gasteiger partial charge in [-0.1, -0.05) is 29.3 Å². The minimum absolute atomic E-state index is 0.0347. The van der Waals surface area contributed by atoms with Crippen LogP contribution in [0.5, 0.6) is 0 Å². The minimum Gasteiger partial charge on any atom is -0.373 e. The molecule has 0 saturated carbocycles. The molecule has 1 atom stereocenters. The van der Waals surface area contributed by atoms with Gasteiger partial charge in [-0.25, -0.2) is 4.39 Å². The van der Waals surface area contributed by atoms with Gasteiger partial charge in [0.15, 0.2) is 0 Å². The van der Waals surface area contributed by atoms with Crippen LogP contribution in [0.2, 0.25) is 10.0 Å². The lowest BCUT2D eigenvalue weighted by Crippen LogP contribution is -2.35. The van der Waals surface area contributed by atoms with Gasteiger partial charge in [0.25, 0.3) is 0 Å². The highest BCUT2D eigenvalue weighted by Crippen LogP contribution is 2.37. The molecule has 1 aliphatic heterocycles. The fraction of sp³-hybridized carbons (Fsp3) is 0.0800. The Kier molecular flexibility index (Phi) is 6.48. The van der Waals surface area contributed by atoms with E-state index in [9.17, 15) is 9.65 Å². The summed E-state index contributed by atoms with van der Waals surface area (Å²) in [5.74, 6) is -0.534. The van der Waals surface area contributed by atoms with E-state index < -0.39 is 5.82 Å². The molecule has 3 heterocycles. The zero-order valence-electron chi connectivity index (χ0n) is 18.9. The summed E-state index contributed by atoms with van der Waals surface area (Å²) < 4.78 is 13.7. The first-order chi connectivity index (χ1) is 17.4. The molecule has 8 nitrogen and oxygen atoms in total. The van der Waals surface area contributed by atoms with Gasteiger partial charge in [0.1, 0.15) is 11.9 Å². The summed E-state index contributed by atoms with van der Waals surface area (Å²) in [5, 5.41) is 19.2. The van der Waals surface area contributed by atoms with Crippen LogP contribution in [0.15, 0.2) is 73.0 Å². The Bertz CT molecular complexity index is 1520. The molecule has 0 aliphatic carbocycles. The molecule has 0 fully saturated rings. The van der Waals surface area contributed by atoms with Crippen LogP contribution >= 0.6 is 23.2 Å². The molecule has 0 radical (unpaired) electrons. The van der Waals surface area contributed by atoms with Gasteiger partial charge in [0.05, 0.1) is 38.6 Å². The van der Waals surface area contributed by atoms with Crippen LogP contribution in [0.3, 0.4) is 0 Å². The van der Waals surface area contributed by atoms with Crippen LogP contribution in [-0.2, 0) is 0 Å². The second-order valence-corrected chi connectivity index (χ2v) is 8.88. The number of hydrogen-bond acceptors (Lipinski definition) is 8. The molecule has 0 spiro atoms. The Labute approximate surface area is 216 Å². The number of benzene rings is 2. The molecule has 180 valence electrons. The molecular weight excluding hydrogens is 502 g/mol. The topological polar surface area (TPSA) is 101 Å². The lowest BCUT2D eigenvalue weighted by atomic mass is 10.0. The van der Waals surface area contributed by atoms with Crippen LogP contribution in [0.4, 0.5) is 21.5 Å². The van der Waals surface area contributed by atoms with Crippen molar-refractivity contribution in [3.8, 4) is 6.07 Å². The highest BCUT2D eigenvalue weighted by atomic mass is 35.5. The van der Waals surface area contributed by atoms with Gasteiger partial charge in [0.2, 0.25) is 0 Å². The van der Waals surface area contributed by atoms with Crippen LogP contribution in [0, 0.1) is 17.1 Å². The smallest absolute Gasteiger partial charge is 0.141 e. The summed E-state index contributed by atoms with van der Waals surface area (Å²) in [5.41, 5.74) is 10.5. The molecule has 36 heavy (non-hydrogen) atoms. The van der Waals surface area contributed by atoms with Crippen LogP contribution in [0.1, 0.15) is 17.2 Å². The Morgan fingerprint density at radius 2 is 1.94 bits per heavy atom. The van der Waals surface area contributed by atoms with Crippen molar-refractivity contribution in [1.82, 2.24) is 25.9 Å². The molecular formula is C25H19Cl2FN8. The molecule has 0 saturated heterocycles. The Hall–Kier alpha value is -4.10. The van der Waals surface area contributed by atoms with Crippen molar-refractivity contribution in [2.75, 3.05) is 17.7 Å². The van der Waals surface area contributed by atoms with Crippen LogP contribution < -0.4 is 21.6 Å². The lowest BCUT2D eigenvalue weighted by molar-refractivity contribution is 0.326. The molecule has 5 rings (SSSR count). The number of halogens is 3. The monoisotopic (exact) mass is 520 g/mol. The van der Waals surface area contributed by atoms with E-state index in [1.807, 2.05) is 31.4 Å². The number of hydrazine groups is 2. The maximum atomic E-state index is 13.7. The van der Waals surface area contributed by atoms with E-state index in [4.69, 9.17) is 23.2 Å². The number of pyridine rings is 2. The predicted molar refractivity (Wildman–Crippen MR) is 139 cm³/mol. The molecule has 2 aromatic heterocycles. The first kappa shape index (κ1) is 23.6. The molecule has 11 heteroatoms. The number of nitriles is 1. The third-order valence-electron chi connectivity index (χ3n) is 5.58. The van der Waals surface area contributed by atoms with E-state index >= 15 is 0 Å². The average Bonchev–Trinajstić information content (AvgIpc) is 3.31. The van der Waals surface area contributed by atoms with Gasteiger partial charge in [-0.15, -0.1) is 5.53 Å². The van der Waals surface area contributed by atoms with E-state index in [0.29, 0.717) is 38.6 Å². The number of nitrogens with one attached hydrogen (secondary N) is 4.